The van der Waals surface area contributed by atoms with Gasteiger partial charge in [-0.3, -0.25) is 9.69 Å². The number of hydrogen-bond donors (Lipinski definition) is 0. The van der Waals surface area contributed by atoms with Crippen LogP contribution < -0.4 is 19.1 Å². The quantitative estimate of drug-likeness (QED) is 0.275. The van der Waals surface area contributed by atoms with Crippen molar-refractivity contribution in [3.8, 4) is 28.4 Å². The number of nitrogens with zero attached hydrogens (tertiary/aromatic N) is 3. The van der Waals surface area contributed by atoms with Crippen LogP contribution in [0.15, 0.2) is 54.9 Å². The van der Waals surface area contributed by atoms with Crippen LogP contribution in [0.5, 0.6) is 17.2 Å². The average Bonchev–Trinajstić information content (AvgIpc) is 2.86. The first kappa shape index (κ1) is 24.6. The van der Waals surface area contributed by atoms with Gasteiger partial charge in [-0.15, -0.1) is 0 Å². The highest BCUT2D eigenvalue weighted by Crippen LogP contribution is 2.41. The minimum Gasteiger partial charge on any atom is -0.497 e. The van der Waals surface area contributed by atoms with E-state index in [1.807, 2.05) is 24.3 Å². The standard InChI is InChI=1S/C26H23Cl2N3O4/c1-15(32)31(14-16-8-9-17(33-2)10-23(16)34-3)26-21-13-29-24(28)11-19(21)20(12-30-26)18-6-5-7-22(27)25(18)35-4/h5-13H,14H2,1-4H3. The van der Waals surface area contributed by atoms with Gasteiger partial charge in [0.05, 0.1) is 32.9 Å². The van der Waals surface area contributed by atoms with E-state index in [4.69, 9.17) is 37.4 Å². The van der Waals surface area contributed by atoms with Crippen molar-refractivity contribution in [2.75, 3.05) is 26.2 Å². The summed E-state index contributed by atoms with van der Waals surface area (Å²) in [6, 6.07) is 12.7. The number of carbonyl (C=O) groups excluding carboxylic acids is 1. The Labute approximate surface area is 213 Å². The first-order chi connectivity index (χ1) is 16.9. The van der Waals surface area contributed by atoms with E-state index in [0.29, 0.717) is 38.6 Å². The van der Waals surface area contributed by atoms with Crippen LogP contribution in [0.25, 0.3) is 21.9 Å². The molecule has 2 aromatic heterocycles. The van der Waals surface area contributed by atoms with Crippen LogP contribution in [0.3, 0.4) is 0 Å². The number of anilines is 1. The first-order valence-electron chi connectivity index (χ1n) is 10.6. The fourth-order valence-corrected chi connectivity index (χ4v) is 4.35. The molecule has 1 amide bonds. The Morgan fingerprint density at radius 1 is 0.914 bits per heavy atom. The number of amides is 1. The SMILES string of the molecule is COc1ccc(CN(C(C)=O)c2ncc(-c3cccc(Cl)c3OC)c3cc(Cl)ncc23)c(OC)c1. The molecule has 9 heteroatoms. The summed E-state index contributed by atoms with van der Waals surface area (Å²) in [5.41, 5.74) is 2.29. The highest BCUT2D eigenvalue weighted by atomic mass is 35.5. The molecular weight excluding hydrogens is 489 g/mol. The van der Waals surface area contributed by atoms with Gasteiger partial charge >= 0.3 is 0 Å². The van der Waals surface area contributed by atoms with Gasteiger partial charge in [-0.05, 0) is 29.7 Å². The summed E-state index contributed by atoms with van der Waals surface area (Å²) in [5, 5.41) is 2.18. The Kier molecular flexibility index (Phi) is 7.28. The second-order valence-electron chi connectivity index (χ2n) is 7.65. The van der Waals surface area contributed by atoms with Crippen molar-refractivity contribution in [1.29, 1.82) is 0 Å². The molecule has 0 radical (unpaired) electrons. The molecule has 2 aromatic carbocycles. The van der Waals surface area contributed by atoms with Gasteiger partial charge in [0.15, 0.2) is 0 Å². The van der Waals surface area contributed by atoms with Crippen molar-refractivity contribution >= 4 is 45.7 Å². The lowest BCUT2D eigenvalue weighted by Crippen LogP contribution is -2.29. The summed E-state index contributed by atoms with van der Waals surface area (Å²) in [5.74, 6) is 2.02. The third-order valence-corrected chi connectivity index (χ3v) is 6.14. The van der Waals surface area contributed by atoms with Crippen LogP contribution in [0.2, 0.25) is 10.2 Å². The zero-order valence-electron chi connectivity index (χ0n) is 19.6. The van der Waals surface area contributed by atoms with Crippen LogP contribution in [0.4, 0.5) is 5.82 Å². The highest BCUT2D eigenvalue weighted by molar-refractivity contribution is 6.33. The number of benzene rings is 2. The number of hydrogen-bond acceptors (Lipinski definition) is 6. The zero-order chi connectivity index (χ0) is 25.1. The van der Waals surface area contributed by atoms with Crippen molar-refractivity contribution in [2.45, 2.75) is 13.5 Å². The summed E-state index contributed by atoms with van der Waals surface area (Å²) in [6.07, 6.45) is 3.30. The molecule has 4 aromatic rings. The number of pyridine rings is 2. The highest BCUT2D eigenvalue weighted by Gasteiger charge is 2.22. The van der Waals surface area contributed by atoms with E-state index in [2.05, 4.69) is 9.97 Å². The molecule has 2 heterocycles. The van der Waals surface area contributed by atoms with Gasteiger partial charge in [0.1, 0.15) is 28.2 Å². The number of fused-ring (bicyclic) bond motifs is 1. The minimum absolute atomic E-state index is 0.195. The maximum atomic E-state index is 12.8. The fraction of sp³-hybridized carbons (Fsp3) is 0.192. The molecule has 0 aliphatic carbocycles. The van der Waals surface area contributed by atoms with Crippen molar-refractivity contribution in [2.24, 2.45) is 0 Å². The Morgan fingerprint density at radius 3 is 2.40 bits per heavy atom. The Balaban J connectivity index is 1.89. The summed E-state index contributed by atoms with van der Waals surface area (Å²) in [4.78, 5) is 23.3. The molecule has 7 nitrogen and oxygen atoms in total. The molecule has 0 spiro atoms. The molecule has 0 aliphatic rings. The van der Waals surface area contributed by atoms with Gasteiger partial charge < -0.3 is 14.2 Å². The van der Waals surface area contributed by atoms with Crippen LogP contribution in [0.1, 0.15) is 12.5 Å². The van der Waals surface area contributed by atoms with Crippen LogP contribution >= 0.6 is 23.2 Å². The van der Waals surface area contributed by atoms with Crippen LogP contribution in [0, 0.1) is 0 Å². The van der Waals surface area contributed by atoms with Crippen molar-refractivity contribution in [3.05, 3.63) is 70.6 Å². The smallest absolute Gasteiger partial charge is 0.225 e. The average molecular weight is 512 g/mol. The van der Waals surface area contributed by atoms with E-state index in [-0.39, 0.29) is 12.5 Å². The minimum atomic E-state index is -0.195. The van der Waals surface area contributed by atoms with Gasteiger partial charge in [-0.25, -0.2) is 9.97 Å². The molecule has 0 bridgehead atoms. The predicted molar refractivity (Wildman–Crippen MR) is 138 cm³/mol. The van der Waals surface area contributed by atoms with Gasteiger partial charge in [0.25, 0.3) is 0 Å². The van der Waals surface area contributed by atoms with Crippen molar-refractivity contribution < 1.29 is 19.0 Å². The van der Waals surface area contributed by atoms with Gasteiger partial charge in [-0.2, -0.15) is 0 Å². The lowest BCUT2D eigenvalue weighted by Gasteiger charge is -2.24. The number of para-hydroxylation sites is 1. The number of methoxy groups -OCH3 is 3. The summed E-state index contributed by atoms with van der Waals surface area (Å²) in [7, 11) is 4.72. The predicted octanol–water partition coefficient (Wildman–Crippen LogP) is 6.18. The molecule has 0 saturated carbocycles. The monoisotopic (exact) mass is 511 g/mol. The van der Waals surface area contributed by atoms with Gasteiger partial charge in [0, 0.05) is 47.5 Å². The lowest BCUT2D eigenvalue weighted by molar-refractivity contribution is -0.116. The van der Waals surface area contributed by atoms with E-state index in [1.165, 1.54) is 6.92 Å². The molecule has 0 unspecified atom stereocenters. The Morgan fingerprint density at radius 2 is 1.71 bits per heavy atom. The van der Waals surface area contributed by atoms with Gasteiger partial charge in [0.2, 0.25) is 5.91 Å². The number of ether oxygens (including phenoxy) is 3. The zero-order valence-corrected chi connectivity index (χ0v) is 21.1. The summed E-state index contributed by atoms with van der Waals surface area (Å²) >= 11 is 12.6. The topological polar surface area (TPSA) is 73.8 Å². The second-order valence-corrected chi connectivity index (χ2v) is 8.45. The molecular formula is C26H23Cl2N3O4. The lowest BCUT2D eigenvalue weighted by atomic mass is 10.0. The molecule has 0 atom stereocenters. The Bertz CT molecular complexity index is 1410. The summed E-state index contributed by atoms with van der Waals surface area (Å²) < 4.78 is 16.4. The maximum absolute atomic E-state index is 12.8. The third kappa shape index (κ3) is 4.83. The van der Waals surface area contributed by atoms with E-state index in [1.54, 1.807) is 56.8 Å². The van der Waals surface area contributed by atoms with E-state index in [9.17, 15) is 4.79 Å². The summed E-state index contributed by atoms with van der Waals surface area (Å²) in [6.45, 7) is 1.72. The first-order valence-corrected chi connectivity index (χ1v) is 11.4. The maximum Gasteiger partial charge on any atom is 0.225 e. The second kappa shape index (κ2) is 10.4. The Hall–Kier alpha value is -3.55. The van der Waals surface area contributed by atoms with E-state index >= 15 is 0 Å². The van der Waals surface area contributed by atoms with Gasteiger partial charge in [-0.1, -0.05) is 35.3 Å². The van der Waals surface area contributed by atoms with E-state index in [0.717, 1.165) is 22.1 Å². The molecule has 0 aliphatic heterocycles. The van der Waals surface area contributed by atoms with Crippen molar-refractivity contribution in [1.82, 2.24) is 9.97 Å². The fourth-order valence-electron chi connectivity index (χ4n) is 3.94. The normalized spacial score (nSPS) is 10.8. The molecule has 4 rings (SSSR count). The van der Waals surface area contributed by atoms with Crippen LogP contribution in [-0.4, -0.2) is 37.2 Å². The third-order valence-electron chi connectivity index (χ3n) is 5.64. The van der Waals surface area contributed by atoms with E-state index < -0.39 is 0 Å². The van der Waals surface area contributed by atoms with Crippen LogP contribution in [-0.2, 0) is 11.3 Å². The molecule has 0 saturated heterocycles. The number of carbonyl (C=O) groups is 1. The largest absolute Gasteiger partial charge is 0.497 e. The number of aromatic nitrogens is 2. The molecule has 0 N–H and O–H groups in total. The molecule has 180 valence electrons. The number of halogens is 2. The molecule has 0 fully saturated rings. The van der Waals surface area contributed by atoms with Crippen molar-refractivity contribution in [3.63, 3.8) is 0 Å². The molecule has 35 heavy (non-hydrogen) atoms. The number of rotatable bonds is 7.